The van der Waals surface area contributed by atoms with E-state index >= 15 is 0 Å². The molecule has 1 amide bonds. The summed E-state index contributed by atoms with van der Waals surface area (Å²) in [6.45, 7) is 4.38. The minimum absolute atomic E-state index is 0.131. The van der Waals surface area contributed by atoms with Gasteiger partial charge in [0.1, 0.15) is 5.15 Å². The first kappa shape index (κ1) is 13.1. The molecule has 3 nitrogen and oxygen atoms in total. The highest BCUT2D eigenvalue weighted by atomic mass is 35.5. The summed E-state index contributed by atoms with van der Waals surface area (Å²) in [5, 5.41) is 7.32. The summed E-state index contributed by atoms with van der Waals surface area (Å²) < 4.78 is 0. The van der Waals surface area contributed by atoms with E-state index in [-0.39, 0.29) is 5.91 Å². The van der Waals surface area contributed by atoms with Gasteiger partial charge in [-0.1, -0.05) is 11.6 Å². The SMILES string of the molecule is Cc1cc(C(=O)NCc2cscc2C)cc(Cl)n1. The standard InChI is InChI=1S/C13H13ClN2OS/c1-8-6-18-7-11(8)5-15-13(17)10-3-9(2)16-12(14)4-10/h3-4,6-7H,5H2,1-2H3,(H,15,17). The van der Waals surface area contributed by atoms with E-state index in [2.05, 4.69) is 15.7 Å². The van der Waals surface area contributed by atoms with Gasteiger partial charge in [-0.05, 0) is 47.9 Å². The van der Waals surface area contributed by atoms with Crippen molar-refractivity contribution in [3.63, 3.8) is 0 Å². The van der Waals surface area contributed by atoms with Gasteiger partial charge in [-0.25, -0.2) is 4.98 Å². The molecule has 18 heavy (non-hydrogen) atoms. The average molecular weight is 281 g/mol. The van der Waals surface area contributed by atoms with Crippen molar-refractivity contribution in [3.05, 3.63) is 50.4 Å². The number of carbonyl (C=O) groups excluding carboxylic acids is 1. The topological polar surface area (TPSA) is 42.0 Å². The molecule has 0 spiro atoms. The maximum absolute atomic E-state index is 12.0. The minimum Gasteiger partial charge on any atom is -0.348 e. The van der Waals surface area contributed by atoms with Crippen molar-refractivity contribution in [3.8, 4) is 0 Å². The number of rotatable bonds is 3. The lowest BCUT2D eigenvalue weighted by Gasteiger charge is -2.06. The van der Waals surface area contributed by atoms with Crippen molar-refractivity contribution in [1.29, 1.82) is 0 Å². The zero-order chi connectivity index (χ0) is 13.1. The van der Waals surface area contributed by atoms with Crippen molar-refractivity contribution in [2.75, 3.05) is 0 Å². The molecule has 0 saturated heterocycles. The van der Waals surface area contributed by atoms with Crippen LogP contribution < -0.4 is 5.32 Å². The van der Waals surface area contributed by atoms with Gasteiger partial charge in [0.2, 0.25) is 0 Å². The number of aryl methyl sites for hydroxylation is 2. The van der Waals surface area contributed by atoms with Gasteiger partial charge >= 0.3 is 0 Å². The first-order valence-corrected chi connectivity index (χ1v) is 6.82. The monoisotopic (exact) mass is 280 g/mol. The largest absolute Gasteiger partial charge is 0.348 e. The number of pyridine rings is 1. The summed E-state index contributed by atoms with van der Waals surface area (Å²) in [6, 6.07) is 3.30. The van der Waals surface area contributed by atoms with Gasteiger partial charge < -0.3 is 5.32 Å². The number of nitrogens with one attached hydrogen (secondary N) is 1. The number of carbonyl (C=O) groups is 1. The molecule has 0 saturated carbocycles. The van der Waals surface area contributed by atoms with Crippen molar-refractivity contribution in [2.45, 2.75) is 20.4 Å². The van der Waals surface area contributed by atoms with Crippen molar-refractivity contribution in [2.24, 2.45) is 0 Å². The molecule has 1 N–H and O–H groups in total. The van der Waals surface area contributed by atoms with Crippen molar-refractivity contribution in [1.82, 2.24) is 10.3 Å². The molecule has 0 aromatic carbocycles. The molecule has 0 aliphatic carbocycles. The fourth-order valence-electron chi connectivity index (χ4n) is 1.60. The molecule has 0 aliphatic heterocycles. The molecule has 0 unspecified atom stereocenters. The molecule has 2 aromatic rings. The number of aromatic nitrogens is 1. The lowest BCUT2D eigenvalue weighted by Crippen LogP contribution is -2.23. The van der Waals surface area contributed by atoms with Crippen LogP contribution in [0.4, 0.5) is 0 Å². The Morgan fingerprint density at radius 2 is 2.17 bits per heavy atom. The molecule has 5 heteroatoms. The summed E-state index contributed by atoms with van der Waals surface area (Å²) in [5.41, 5.74) is 3.62. The normalized spacial score (nSPS) is 10.4. The number of halogens is 1. The predicted molar refractivity (Wildman–Crippen MR) is 74.2 cm³/mol. The molecule has 2 aromatic heterocycles. The van der Waals surface area contributed by atoms with Crippen LogP contribution in [0.15, 0.2) is 22.9 Å². The van der Waals surface area contributed by atoms with E-state index in [0.29, 0.717) is 17.3 Å². The fraction of sp³-hybridized carbons (Fsp3) is 0.231. The fourth-order valence-corrected chi connectivity index (χ4v) is 2.71. The number of thiophene rings is 1. The number of hydrogen-bond acceptors (Lipinski definition) is 3. The minimum atomic E-state index is -0.131. The second-order valence-corrected chi connectivity index (χ2v) is 5.21. The van der Waals surface area contributed by atoms with E-state index in [0.717, 1.165) is 11.3 Å². The maximum Gasteiger partial charge on any atom is 0.251 e. The second kappa shape index (κ2) is 5.50. The molecule has 2 heterocycles. The third-order valence-electron chi connectivity index (χ3n) is 2.59. The number of hydrogen-bond donors (Lipinski definition) is 1. The quantitative estimate of drug-likeness (QED) is 0.876. The molecular weight excluding hydrogens is 268 g/mol. The Morgan fingerprint density at radius 3 is 2.78 bits per heavy atom. The molecule has 2 rings (SSSR count). The van der Waals surface area contributed by atoms with Crippen LogP contribution in [0.25, 0.3) is 0 Å². The van der Waals surface area contributed by atoms with Gasteiger partial charge in [-0.2, -0.15) is 11.3 Å². The highest BCUT2D eigenvalue weighted by Gasteiger charge is 2.08. The first-order chi connectivity index (χ1) is 8.56. The van der Waals surface area contributed by atoms with Crippen LogP contribution >= 0.6 is 22.9 Å². The van der Waals surface area contributed by atoms with Gasteiger partial charge in [-0.15, -0.1) is 0 Å². The Hall–Kier alpha value is -1.39. The Kier molecular flexibility index (Phi) is 3.99. The molecule has 94 valence electrons. The van der Waals surface area contributed by atoms with Crippen LogP contribution in [0.2, 0.25) is 5.15 Å². The number of amides is 1. The molecule has 0 fully saturated rings. The molecule has 0 aliphatic rings. The zero-order valence-corrected chi connectivity index (χ0v) is 11.7. The van der Waals surface area contributed by atoms with E-state index in [1.54, 1.807) is 23.5 Å². The van der Waals surface area contributed by atoms with Crippen LogP contribution in [0, 0.1) is 13.8 Å². The maximum atomic E-state index is 12.0. The first-order valence-electron chi connectivity index (χ1n) is 5.50. The zero-order valence-electron chi connectivity index (χ0n) is 10.2. The molecular formula is C13H13ClN2OS. The second-order valence-electron chi connectivity index (χ2n) is 4.08. The van der Waals surface area contributed by atoms with E-state index in [9.17, 15) is 4.79 Å². The van der Waals surface area contributed by atoms with Gasteiger partial charge in [0.25, 0.3) is 5.91 Å². The average Bonchev–Trinajstić information content (AvgIpc) is 2.70. The number of nitrogens with zero attached hydrogens (tertiary/aromatic N) is 1. The van der Waals surface area contributed by atoms with Gasteiger partial charge in [0, 0.05) is 17.8 Å². The van der Waals surface area contributed by atoms with E-state index in [1.807, 2.05) is 19.2 Å². The molecule has 0 atom stereocenters. The predicted octanol–water partition coefficient (Wildman–Crippen LogP) is 3.34. The van der Waals surface area contributed by atoms with Crippen molar-refractivity contribution < 1.29 is 4.79 Å². The third kappa shape index (κ3) is 3.09. The van der Waals surface area contributed by atoms with E-state index < -0.39 is 0 Å². The third-order valence-corrected chi connectivity index (χ3v) is 3.69. The van der Waals surface area contributed by atoms with Gasteiger partial charge in [0.15, 0.2) is 0 Å². The molecule has 0 radical (unpaired) electrons. The highest BCUT2D eigenvalue weighted by molar-refractivity contribution is 7.08. The van der Waals surface area contributed by atoms with Crippen LogP contribution in [-0.2, 0) is 6.54 Å². The van der Waals surface area contributed by atoms with Crippen LogP contribution in [0.1, 0.15) is 27.2 Å². The Labute approximate surface area is 115 Å². The highest BCUT2D eigenvalue weighted by Crippen LogP contribution is 2.14. The lowest BCUT2D eigenvalue weighted by atomic mass is 10.2. The van der Waals surface area contributed by atoms with E-state index in [4.69, 9.17) is 11.6 Å². The van der Waals surface area contributed by atoms with Crippen LogP contribution in [-0.4, -0.2) is 10.9 Å². The summed E-state index contributed by atoms with van der Waals surface area (Å²) in [6.07, 6.45) is 0. The summed E-state index contributed by atoms with van der Waals surface area (Å²) >= 11 is 7.47. The van der Waals surface area contributed by atoms with Gasteiger partial charge in [0.05, 0.1) is 0 Å². The lowest BCUT2D eigenvalue weighted by molar-refractivity contribution is 0.0950. The van der Waals surface area contributed by atoms with E-state index in [1.165, 1.54) is 5.56 Å². The Balaban J connectivity index is 2.06. The van der Waals surface area contributed by atoms with Crippen LogP contribution in [0.5, 0.6) is 0 Å². The Morgan fingerprint density at radius 1 is 1.39 bits per heavy atom. The smallest absolute Gasteiger partial charge is 0.251 e. The van der Waals surface area contributed by atoms with Crippen LogP contribution in [0.3, 0.4) is 0 Å². The van der Waals surface area contributed by atoms with Crippen molar-refractivity contribution >= 4 is 28.8 Å². The molecule has 0 bridgehead atoms. The summed E-state index contributed by atoms with van der Waals surface area (Å²) in [5.74, 6) is -0.131. The Bertz CT molecular complexity index is 560. The van der Waals surface area contributed by atoms with Gasteiger partial charge in [-0.3, -0.25) is 4.79 Å². The summed E-state index contributed by atoms with van der Waals surface area (Å²) in [4.78, 5) is 16.0. The summed E-state index contributed by atoms with van der Waals surface area (Å²) in [7, 11) is 0.